The largest absolute Gasteiger partial charge is 0.487 e. The van der Waals surface area contributed by atoms with Gasteiger partial charge in [-0.2, -0.15) is 0 Å². The number of rotatable bonds is 4. The molecule has 0 aromatic heterocycles. The molecule has 2 aliphatic rings. The zero-order chi connectivity index (χ0) is 22.0. The number of hydrogen-bond donors (Lipinski definition) is 0. The Morgan fingerprint density at radius 3 is 2.39 bits per heavy atom. The van der Waals surface area contributed by atoms with Crippen LogP contribution in [0.2, 0.25) is 0 Å². The van der Waals surface area contributed by atoms with Gasteiger partial charge in [-0.05, 0) is 84.9 Å². The molecule has 5 nitrogen and oxygen atoms in total. The lowest BCUT2D eigenvalue weighted by molar-refractivity contribution is -0.142. The Balaban J connectivity index is 1.45. The normalized spacial score (nSPS) is 22.9. The molecule has 1 atom stereocenters. The summed E-state index contributed by atoms with van der Waals surface area (Å²) in [6.07, 6.45) is 4.77. The van der Waals surface area contributed by atoms with Crippen LogP contribution in [0.25, 0.3) is 11.1 Å². The van der Waals surface area contributed by atoms with Crippen LogP contribution in [0.5, 0.6) is 5.75 Å². The van der Waals surface area contributed by atoms with Crippen molar-refractivity contribution in [1.82, 2.24) is 0 Å². The number of ether oxygens (including phenoxy) is 2. The van der Waals surface area contributed by atoms with Gasteiger partial charge < -0.3 is 9.47 Å². The Morgan fingerprint density at radius 1 is 1.06 bits per heavy atom. The van der Waals surface area contributed by atoms with Gasteiger partial charge in [0.1, 0.15) is 11.9 Å². The first-order chi connectivity index (χ1) is 14.9. The molecule has 1 saturated carbocycles. The minimum absolute atomic E-state index is 0.102. The summed E-state index contributed by atoms with van der Waals surface area (Å²) in [6.45, 7) is 2.38. The van der Waals surface area contributed by atoms with Crippen molar-refractivity contribution in [2.75, 3.05) is 18.6 Å². The molecule has 6 heteroatoms. The van der Waals surface area contributed by atoms with Gasteiger partial charge in [-0.25, -0.2) is 0 Å². The number of benzene rings is 2. The smallest absolute Gasteiger partial charge is 0.321 e. The van der Waals surface area contributed by atoms with Crippen molar-refractivity contribution < 1.29 is 19.1 Å². The summed E-state index contributed by atoms with van der Waals surface area (Å²) in [4.78, 5) is 24.8. The van der Waals surface area contributed by atoms with E-state index in [1.54, 1.807) is 4.90 Å². The van der Waals surface area contributed by atoms with E-state index < -0.39 is 5.37 Å². The third-order valence-corrected chi connectivity index (χ3v) is 6.68. The van der Waals surface area contributed by atoms with Crippen molar-refractivity contribution in [3.05, 3.63) is 48.0 Å². The molecule has 1 unspecified atom stereocenters. The summed E-state index contributed by atoms with van der Waals surface area (Å²) in [7, 11) is 1.46. The summed E-state index contributed by atoms with van der Waals surface area (Å²) in [5, 5.41) is -0.491. The SMILES string of the molecule is COC(=O)CC1CCC(c2ccc(-c3ccc4c(c3)OC(C)CN4C(=O)Cl)cc2)CC1. The van der Waals surface area contributed by atoms with Crippen LogP contribution in [0, 0.1) is 5.92 Å². The van der Waals surface area contributed by atoms with Gasteiger partial charge in [0.25, 0.3) is 0 Å². The van der Waals surface area contributed by atoms with E-state index in [0.29, 0.717) is 36.2 Å². The average molecular weight is 442 g/mol. The first kappa shape index (κ1) is 21.7. The molecule has 1 aliphatic carbocycles. The van der Waals surface area contributed by atoms with Gasteiger partial charge >= 0.3 is 11.3 Å². The van der Waals surface area contributed by atoms with E-state index in [2.05, 4.69) is 24.3 Å². The molecule has 164 valence electrons. The van der Waals surface area contributed by atoms with Gasteiger partial charge in [0.2, 0.25) is 0 Å². The van der Waals surface area contributed by atoms with E-state index in [1.807, 2.05) is 25.1 Å². The molecule has 4 rings (SSSR count). The van der Waals surface area contributed by atoms with Gasteiger partial charge in [0, 0.05) is 6.42 Å². The number of hydrogen-bond acceptors (Lipinski definition) is 4. The van der Waals surface area contributed by atoms with E-state index >= 15 is 0 Å². The molecule has 2 aromatic carbocycles. The van der Waals surface area contributed by atoms with Crippen LogP contribution in [0.4, 0.5) is 10.5 Å². The Kier molecular flexibility index (Phi) is 6.51. The lowest BCUT2D eigenvalue weighted by atomic mass is 9.77. The van der Waals surface area contributed by atoms with Crippen LogP contribution in [0.1, 0.15) is 50.5 Å². The van der Waals surface area contributed by atoms with Crippen molar-refractivity contribution in [1.29, 1.82) is 0 Å². The molecule has 0 radical (unpaired) electrons. The standard InChI is InChI=1S/C25H28ClNO4/c1-16-15-27(25(26)29)22-12-11-21(14-23(22)31-16)20-9-7-19(8-10-20)18-5-3-17(4-6-18)13-24(28)30-2/h7-12,14,16-18H,3-6,13,15H2,1-2H3. The second-order valence-electron chi connectivity index (χ2n) is 8.59. The van der Waals surface area contributed by atoms with Crippen LogP contribution in [-0.4, -0.2) is 31.1 Å². The highest BCUT2D eigenvalue weighted by atomic mass is 35.5. The topological polar surface area (TPSA) is 55.8 Å². The summed E-state index contributed by atoms with van der Waals surface area (Å²) in [5.74, 6) is 1.56. The maximum atomic E-state index is 11.8. The maximum absolute atomic E-state index is 11.8. The Morgan fingerprint density at radius 2 is 1.74 bits per heavy atom. The Bertz CT molecular complexity index is 950. The molecule has 31 heavy (non-hydrogen) atoms. The molecule has 1 fully saturated rings. The van der Waals surface area contributed by atoms with E-state index in [1.165, 1.54) is 12.7 Å². The van der Waals surface area contributed by atoms with Gasteiger partial charge in [0.05, 0.1) is 19.3 Å². The van der Waals surface area contributed by atoms with E-state index in [9.17, 15) is 9.59 Å². The molecule has 0 saturated heterocycles. The number of anilines is 1. The summed E-state index contributed by atoms with van der Waals surface area (Å²) < 4.78 is 10.8. The minimum Gasteiger partial charge on any atom is -0.487 e. The number of methoxy groups -OCH3 is 1. The second kappa shape index (κ2) is 9.31. The van der Waals surface area contributed by atoms with Gasteiger partial charge in [0.15, 0.2) is 0 Å². The molecule has 1 amide bonds. The molecule has 0 N–H and O–H groups in total. The molecule has 2 aromatic rings. The fourth-order valence-electron chi connectivity index (χ4n) is 4.75. The molecular formula is C25H28ClNO4. The monoisotopic (exact) mass is 441 g/mol. The first-order valence-electron chi connectivity index (χ1n) is 10.9. The summed E-state index contributed by atoms with van der Waals surface area (Å²) >= 11 is 5.75. The van der Waals surface area contributed by atoms with Crippen LogP contribution in [-0.2, 0) is 9.53 Å². The lowest BCUT2D eigenvalue weighted by Gasteiger charge is -2.32. The zero-order valence-electron chi connectivity index (χ0n) is 18.0. The maximum Gasteiger partial charge on any atom is 0.321 e. The number of esters is 1. The van der Waals surface area contributed by atoms with E-state index in [0.717, 1.165) is 36.8 Å². The van der Waals surface area contributed by atoms with Crippen LogP contribution in [0.15, 0.2) is 42.5 Å². The quantitative estimate of drug-likeness (QED) is 0.325. The zero-order valence-corrected chi connectivity index (χ0v) is 18.7. The average Bonchev–Trinajstić information content (AvgIpc) is 2.78. The van der Waals surface area contributed by atoms with Gasteiger partial charge in [-0.15, -0.1) is 0 Å². The van der Waals surface area contributed by atoms with Crippen molar-refractivity contribution in [2.24, 2.45) is 5.92 Å². The fourth-order valence-corrected chi connectivity index (χ4v) is 4.91. The fraction of sp³-hybridized carbons (Fsp3) is 0.440. The first-order valence-corrected chi connectivity index (χ1v) is 11.3. The third kappa shape index (κ3) is 4.87. The number of nitrogens with zero attached hydrogens (tertiary/aromatic N) is 1. The number of carbonyl (C=O) groups is 2. The van der Waals surface area contributed by atoms with Crippen molar-refractivity contribution in [3.8, 4) is 16.9 Å². The van der Waals surface area contributed by atoms with Gasteiger partial charge in [-0.1, -0.05) is 30.3 Å². The third-order valence-electron chi connectivity index (χ3n) is 6.48. The van der Waals surface area contributed by atoms with Crippen LogP contribution < -0.4 is 9.64 Å². The van der Waals surface area contributed by atoms with E-state index in [4.69, 9.17) is 21.1 Å². The lowest BCUT2D eigenvalue weighted by Crippen LogP contribution is -2.39. The Labute approximate surface area is 188 Å². The summed E-state index contributed by atoms with van der Waals surface area (Å²) in [6, 6.07) is 14.6. The molecule has 0 bridgehead atoms. The Hall–Kier alpha value is -2.53. The number of fused-ring (bicyclic) bond motifs is 1. The highest BCUT2D eigenvalue weighted by molar-refractivity contribution is 6.66. The number of carbonyl (C=O) groups excluding carboxylic acids is 2. The number of halogens is 1. The minimum atomic E-state index is -0.491. The number of amides is 1. The highest BCUT2D eigenvalue weighted by Gasteiger charge is 2.27. The second-order valence-corrected chi connectivity index (χ2v) is 8.92. The van der Waals surface area contributed by atoms with Crippen LogP contribution in [0.3, 0.4) is 0 Å². The van der Waals surface area contributed by atoms with Crippen molar-refractivity contribution in [2.45, 2.75) is 51.0 Å². The summed E-state index contributed by atoms with van der Waals surface area (Å²) in [5.41, 5.74) is 4.21. The van der Waals surface area contributed by atoms with Crippen LogP contribution >= 0.6 is 11.6 Å². The van der Waals surface area contributed by atoms with Gasteiger partial charge in [-0.3, -0.25) is 14.5 Å². The molecule has 1 heterocycles. The molecule has 0 spiro atoms. The van der Waals surface area contributed by atoms with Crippen molar-refractivity contribution >= 4 is 28.6 Å². The highest BCUT2D eigenvalue weighted by Crippen LogP contribution is 2.40. The predicted molar refractivity (Wildman–Crippen MR) is 122 cm³/mol. The predicted octanol–water partition coefficient (Wildman–Crippen LogP) is 6.14. The van der Waals surface area contributed by atoms with E-state index in [-0.39, 0.29) is 12.1 Å². The molecular weight excluding hydrogens is 414 g/mol. The van der Waals surface area contributed by atoms with Crippen molar-refractivity contribution in [3.63, 3.8) is 0 Å². The molecule has 1 aliphatic heterocycles.